The first kappa shape index (κ1) is 16.0. The minimum absolute atomic E-state index is 0.569. The van der Waals surface area contributed by atoms with Gasteiger partial charge in [-0.15, -0.1) is 0 Å². The summed E-state index contributed by atoms with van der Waals surface area (Å²) in [4.78, 5) is 23.2. The van der Waals surface area contributed by atoms with Crippen molar-refractivity contribution in [1.82, 2.24) is 9.97 Å². The van der Waals surface area contributed by atoms with Gasteiger partial charge in [0.15, 0.2) is 0 Å². The zero-order valence-corrected chi connectivity index (χ0v) is 14.1. The summed E-state index contributed by atoms with van der Waals surface area (Å²) in [6.07, 6.45) is 8.04. The molecule has 2 heterocycles. The van der Waals surface area contributed by atoms with Crippen molar-refractivity contribution in [2.75, 3.05) is 23.8 Å². The molecule has 1 aliphatic carbocycles. The first-order valence-electron chi connectivity index (χ1n) is 8.65. The molecule has 126 valence electrons. The second kappa shape index (κ2) is 6.34. The Labute approximate surface area is 137 Å². The maximum absolute atomic E-state index is 11.8. The number of hydrogen-bond donors (Lipinski definition) is 2. The van der Waals surface area contributed by atoms with E-state index in [4.69, 9.17) is 4.98 Å². The molecule has 6 heteroatoms. The highest BCUT2D eigenvalue weighted by atomic mass is 16.4. The minimum Gasteiger partial charge on any atom is -0.480 e. The molecule has 1 atom stereocenters. The van der Waals surface area contributed by atoms with Crippen LogP contribution >= 0.6 is 0 Å². The molecule has 0 bridgehead atoms. The number of rotatable bonds is 3. The van der Waals surface area contributed by atoms with E-state index in [1.165, 1.54) is 18.4 Å². The number of hydrogen-bond acceptors (Lipinski definition) is 5. The highest BCUT2D eigenvalue weighted by Gasteiger charge is 2.43. The fourth-order valence-electron chi connectivity index (χ4n) is 3.75. The number of nitrogens with zero attached hydrogens (tertiary/aromatic N) is 3. The van der Waals surface area contributed by atoms with Crippen molar-refractivity contribution in [2.24, 2.45) is 0 Å². The van der Waals surface area contributed by atoms with Crippen LogP contribution in [0.1, 0.15) is 56.7 Å². The van der Waals surface area contributed by atoms with Crippen molar-refractivity contribution in [3.63, 3.8) is 0 Å². The predicted octanol–water partition coefficient (Wildman–Crippen LogP) is 2.62. The molecular formula is C17H26N4O2. The molecule has 1 aliphatic heterocycles. The highest BCUT2D eigenvalue weighted by Crippen LogP contribution is 2.34. The Balaban J connectivity index is 2.05. The van der Waals surface area contributed by atoms with E-state index in [1.807, 2.05) is 11.9 Å². The Hall–Kier alpha value is -1.85. The van der Waals surface area contributed by atoms with Gasteiger partial charge in [0, 0.05) is 19.2 Å². The van der Waals surface area contributed by atoms with Gasteiger partial charge in [-0.2, -0.15) is 4.98 Å². The summed E-state index contributed by atoms with van der Waals surface area (Å²) in [5, 5.41) is 12.9. The Morgan fingerprint density at radius 3 is 2.70 bits per heavy atom. The predicted molar refractivity (Wildman–Crippen MR) is 90.1 cm³/mol. The van der Waals surface area contributed by atoms with E-state index in [0.717, 1.165) is 43.6 Å². The number of nitrogens with one attached hydrogen (secondary N) is 1. The number of piperidine rings is 1. The number of fused-ring (bicyclic) bond motifs is 1. The number of anilines is 2. The van der Waals surface area contributed by atoms with Crippen LogP contribution in [0.5, 0.6) is 0 Å². The number of carbonyl (C=O) groups is 1. The van der Waals surface area contributed by atoms with Gasteiger partial charge in [0.1, 0.15) is 11.4 Å². The lowest BCUT2D eigenvalue weighted by atomic mass is 9.89. The monoisotopic (exact) mass is 318 g/mol. The van der Waals surface area contributed by atoms with E-state index in [1.54, 1.807) is 6.92 Å². The van der Waals surface area contributed by atoms with Crippen LogP contribution < -0.4 is 10.2 Å². The molecule has 1 aromatic rings. The van der Waals surface area contributed by atoms with Gasteiger partial charge in [0.25, 0.3) is 0 Å². The van der Waals surface area contributed by atoms with Gasteiger partial charge >= 0.3 is 5.97 Å². The van der Waals surface area contributed by atoms with Crippen LogP contribution in [0.15, 0.2) is 0 Å². The third kappa shape index (κ3) is 2.86. The minimum atomic E-state index is -0.914. The molecular weight excluding hydrogens is 292 g/mol. The first-order valence-corrected chi connectivity index (χ1v) is 8.65. The summed E-state index contributed by atoms with van der Waals surface area (Å²) in [6, 6.07) is 0. The van der Waals surface area contributed by atoms with Crippen LogP contribution in [-0.2, 0) is 17.6 Å². The first-order chi connectivity index (χ1) is 11.1. The molecule has 1 fully saturated rings. The number of aryl methyl sites for hydroxylation is 1. The largest absolute Gasteiger partial charge is 0.480 e. The van der Waals surface area contributed by atoms with Crippen LogP contribution in [0.3, 0.4) is 0 Å². The topological polar surface area (TPSA) is 78.4 Å². The molecule has 0 aromatic carbocycles. The molecule has 23 heavy (non-hydrogen) atoms. The van der Waals surface area contributed by atoms with Gasteiger partial charge in [-0.25, -0.2) is 9.78 Å². The standard InChI is InChI=1S/C17H26N4O2/c1-17(15(22)23)10-6-7-11-21(17)16-19-13-9-5-3-4-8-12(13)14(18-2)20-16/h3-11H2,1-2H3,(H,22,23)(H,18,19,20). The third-order valence-corrected chi connectivity index (χ3v) is 5.25. The summed E-state index contributed by atoms with van der Waals surface area (Å²) < 4.78 is 0. The normalized spacial score (nSPS) is 24.7. The molecule has 2 N–H and O–H groups in total. The molecule has 3 rings (SSSR count). The summed E-state index contributed by atoms with van der Waals surface area (Å²) in [7, 11) is 1.88. The quantitative estimate of drug-likeness (QED) is 0.834. The molecule has 1 saturated heterocycles. The van der Waals surface area contributed by atoms with Crippen molar-refractivity contribution in [1.29, 1.82) is 0 Å². The van der Waals surface area contributed by atoms with Crippen LogP contribution in [0, 0.1) is 0 Å². The van der Waals surface area contributed by atoms with Crippen molar-refractivity contribution >= 4 is 17.7 Å². The Morgan fingerprint density at radius 1 is 1.17 bits per heavy atom. The van der Waals surface area contributed by atoms with Gasteiger partial charge in [0.2, 0.25) is 5.95 Å². The maximum atomic E-state index is 11.8. The second-order valence-corrected chi connectivity index (χ2v) is 6.80. The number of aliphatic carboxylic acids is 1. The van der Waals surface area contributed by atoms with Crippen LogP contribution in [0.4, 0.5) is 11.8 Å². The van der Waals surface area contributed by atoms with E-state index >= 15 is 0 Å². The molecule has 0 amide bonds. The zero-order valence-electron chi connectivity index (χ0n) is 14.1. The van der Waals surface area contributed by atoms with Crippen molar-refractivity contribution < 1.29 is 9.90 Å². The smallest absolute Gasteiger partial charge is 0.329 e. The number of aromatic nitrogens is 2. The van der Waals surface area contributed by atoms with E-state index < -0.39 is 11.5 Å². The molecule has 1 unspecified atom stereocenters. The lowest BCUT2D eigenvalue weighted by molar-refractivity contribution is -0.143. The summed E-state index contributed by atoms with van der Waals surface area (Å²) in [5.41, 5.74) is 1.39. The number of carboxylic acid groups (broad SMARTS) is 1. The lowest BCUT2D eigenvalue weighted by Gasteiger charge is -2.41. The van der Waals surface area contributed by atoms with E-state index in [9.17, 15) is 9.90 Å². The SMILES string of the molecule is CNc1nc(N2CCCCC2(C)C(=O)O)nc2c1CCCCC2. The fraction of sp³-hybridized carbons (Fsp3) is 0.706. The van der Waals surface area contributed by atoms with Gasteiger partial charge < -0.3 is 15.3 Å². The molecule has 0 spiro atoms. The molecule has 1 aromatic heterocycles. The van der Waals surface area contributed by atoms with Crippen LogP contribution in [0.25, 0.3) is 0 Å². The van der Waals surface area contributed by atoms with Gasteiger partial charge in [0.05, 0.1) is 5.69 Å². The number of carboxylic acids is 1. The Bertz CT molecular complexity index is 605. The summed E-state index contributed by atoms with van der Waals surface area (Å²) in [5.74, 6) is 0.645. The van der Waals surface area contributed by atoms with Gasteiger partial charge in [-0.3, -0.25) is 0 Å². The molecule has 6 nitrogen and oxygen atoms in total. The second-order valence-electron chi connectivity index (χ2n) is 6.80. The van der Waals surface area contributed by atoms with Crippen molar-refractivity contribution in [3.05, 3.63) is 11.3 Å². The molecule has 0 radical (unpaired) electrons. The van der Waals surface area contributed by atoms with Crippen molar-refractivity contribution in [2.45, 2.75) is 63.8 Å². The summed E-state index contributed by atoms with van der Waals surface area (Å²) >= 11 is 0. The third-order valence-electron chi connectivity index (χ3n) is 5.25. The van der Waals surface area contributed by atoms with E-state index in [0.29, 0.717) is 18.9 Å². The highest BCUT2D eigenvalue weighted by molar-refractivity contribution is 5.82. The van der Waals surface area contributed by atoms with E-state index in [2.05, 4.69) is 10.3 Å². The average molecular weight is 318 g/mol. The fourth-order valence-corrected chi connectivity index (χ4v) is 3.75. The Kier molecular flexibility index (Phi) is 4.41. The lowest BCUT2D eigenvalue weighted by Crippen LogP contribution is -2.56. The van der Waals surface area contributed by atoms with Crippen LogP contribution in [0.2, 0.25) is 0 Å². The van der Waals surface area contributed by atoms with Gasteiger partial charge in [-0.05, 0) is 51.9 Å². The molecule has 2 aliphatic rings. The average Bonchev–Trinajstić information content (AvgIpc) is 2.79. The molecule has 0 saturated carbocycles. The Morgan fingerprint density at radius 2 is 1.96 bits per heavy atom. The zero-order chi connectivity index (χ0) is 16.4. The van der Waals surface area contributed by atoms with Gasteiger partial charge in [-0.1, -0.05) is 6.42 Å². The maximum Gasteiger partial charge on any atom is 0.329 e. The van der Waals surface area contributed by atoms with E-state index in [-0.39, 0.29) is 0 Å². The summed E-state index contributed by atoms with van der Waals surface area (Å²) in [6.45, 7) is 2.49. The van der Waals surface area contributed by atoms with Crippen molar-refractivity contribution in [3.8, 4) is 0 Å². The van der Waals surface area contributed by atoms with Crippen LogP contribution in [-0.4, -0.2) is 40.2 Å².